The first kappa shape index (κ1) is 17.7. The van der Waals surface area contributed by atoms with Gasteiger partial charge in [0.25, 0.3) is 0 Å². The van der Waals surface area contributed by atoms with Gasteiger partial charge in [0.05, 0.1) is 0 Å². The molecular weight excluding hydrogens is 326 g/mol. The summed E-state index contributed by atoms with van der Waals surface area (Å²) < 4.78 is 7.66. The van der Waals surface area contributed by atoms with Gasteiger partial charge < -0.3 is 9.30 Å². The average Bonchev–Trinajstić information content (AvgIpc) is 2.95. The normalized spacial score (nSPS) is 10.6. The summed E-state index contributed by atoms with van der Waals surface area (Å²) in [7, 11) is 0. The Balaban J connectivity index is 1.75. The molecule has 0 atom stereocenters. The van der Waals surface area contributed by atoms with Crippen molar-refractivity contribution in [2.75, 3.05) is 6.61 Å². The Morgan fingerprint density at radius 1 is 0.962 bits per heavy atom. The van der Waals surface area contributed by atoms with E-state index in [0.717, 1.165) is 17.1 Å². The Morgan fingerprint density at radius 2 is 1.62 bits per heavy atom. The van der Waals surface area contributed by atoms with Gasteiger partial charge in [0.2, 0.25) is 5.78 Å². The average molecular weight is 347 g/mol. The Kier molecular flexibility index (Phi) is 5.03. The lowest BCUT2D eigenvalue weighted by Crippen LogP contribution is -2.12. The molecule has 0 bridgehead atoms. The molecule has 3 rings (SSSR count). The third kappa shape index (κ3) is 3.59. The van der Waals surface area contributed by atoms with E-state index in [2.05, 4.69) is 4.57 Å². The first-order valence-electron chi connectivity index (χ1n) is 8.48. The van der Waals surface area contributed by atoms with Crippen LogP contribution in [0.15, 0.2) is 60.7 Å². The highest BCUT2D eigenvalue weighted by molar-refractivity contribution is 5.99. The van der Waals surface area contributed by atoms with Crippen molar-refractivity contribution < 1.29 is 14.3 Å². The molecule has 0 unspecified atom stereocenters. The summed E-state index contributed by atoms with van der Waals surface area (Å²) in [5.41, 5.74) is 4.21. The topological polar surface area (TPSA) is 48.3 Å². The molecule has 0 N–H and O–H groups in total. The summed E-state index contributed by atoms with van der Waals surface area (Å²) >= 11 is 0. The second-order valence-corrected chi connectivity index (χ2v) is 6.25. The Bertz CT molecular complexity index is 938. The van der Waals surface area contributed by atoms with Gasteiger partial charge >= 0.3 is 0 Å². The largest absolute Gasteiger partial charge is 0.485 e. The third-order valence-electron chi connectivity index (χ3n) is 4.38. The van der Waals surface area contributed by atoms with Crippen molar-refractivity contribution in [3.05, 3.63) is 83.2 Å². The van der Waals surface area contributed by atoms with Crippen molar-refractivity contribution in [2.45, 2.75) is 20.8 Å². The van der Waals surface area contributed by atoms with E-state index in [1.165, 1.54) is 6.92 Å². The minimum atomic E-state index is -0.0732. The van der Waals surface area contributed by atoms with Crippen molar-refractivity contribution in [1.29, 1.82) is 0 Å². The number of benzene rings is 2. The fourth-order valence-corrected chi connectivity index (χ4v) is 3.03. The molecule has 0 fully saturated rings. The molecule has 26 heavy (non-hydrogen) atoms. The second-order valence-electron chi connectivity index (χ2n) is 6.25. The highest BCUT2D eigenvalue weighted by atomic mass is 16.5. The van der Waals surface area contributed by atoms with E-state index in [9.17, 15) is 9.59 Å². The lowest BCUT2D eigenvalue weighted by molar-refractivity contribution is 0.0920. The summed E-state index contributed by atoms with van der Waals surface area (Å²) in [6.45, 7) is 5.40. The number of carbonyl (C=O) groups excluding carboxylic acids is 2. The molecule has 0 saturated carbocycles. The number of para-hydroxylation sites is 1. The van der Waals surface area contributed by atoms with Crippen LogP contribution in [0.25, 0.3) is 5.69 Å². The Morgan fingerprint density at radius 3 is 2.23 bits per heavy atom. The number of rotatable bonds is 6. The Labute approximate surface area is 153 Å². The molecule has 3 aromatic rings. The number of hydrogen-bond acceptors (Lipinski definition) is 3. The van der Waals surface area contributed by atoms with E-state index in [1.54, 1.807) is 24.3 Å². The number of aromatic nitrogens is 1. The van der Waals surface area contributed by atoms with Gasteiger partial charge in [0.15, 0.2) is 12.4 Å². The summed E-state index contributed by atoms with van der Waals surface area (Å²) in [4.78, 5) is 23.9. The van der Waals surface area contributed by atoms with Gasteiger partial charge in [0.1, 0.15) is 5.75 Å². The lowest BCUT2D eigenvalue weighted by atomic mass is 10.1. The fraction of sp³-hybridized carbons (Fsp3) is 0.182. The van der Waals surface area contributed by atoms with Crippen molar-refractivity contribution in [1.82, 2.24) is 4.57 Å². The number of carbonyl (C=O) groups is 2. The molecule has 0 saturated heterocycles. The number of Topliss-reactive ketones (excluding diaryl/α,β-unsaturated/α-hetero) is 2. The molecule has 4 heteroatoms. The van der Waals surface area contributed by atoms with Crippen molar-refractivity contribution >= 4 is 11.6 Å². The SMILES string of the molecule is CC(=O)c1ccc(OCC(=O)c2cc(C)n(-c3ccccc3)c2C)cc1. The van der Waals surface area contributed by atoms with Gasteiger partial charge in [-0.3, -0.25) is 9.59 Å². The first-order valence-corrected chi connectivity index (χ1v) is 8.48. The van der Waals surface area contributed by atoms with Crippen LogP contribution in [0.3, 0.4) is 0 Å². The predicted octanol–water partition coefficient (Wildman–Crippen LogP) is 4.56. The van der Waals surface area contributed by atoms with Crippen molar-refractivity contribution in [3.8, 4) is 11.4 Å². The van der Waals surface area contributed by atoms with E-state index in [4.69, 9.17) is 4.74 Å². The molecule has 0 aliphatic rings. The second kappa shape index (κ2) is 7.40. The zero-order chi connectivity index (χ0) is 18.7. The van der Waals surface area contributed by atoms with Gasteiger partial charge in [-0.1, -0.05) is 18.2 Å². The van der Waals surface area contributed by atoms with Crippen LogP contribution in [-0.2, 0) is 0 Å². The third-order valence-corrected chi connectivity index (χ3v) is 4.38. The van der Waals surface area contributed by atoms with Crippen LogP contribution in [0.4, 0.5) is 0 Å². The minimum absolute atomic E-state index is 0.000906. The maximum atomic E-state index is 12.6. The van der Waals surface area contributed by atoms with E-state index >= 15 is 0 Å². The standard InChI is InChI=1S/C22H21NO3/c1-15-13-21(16(2)23(15)19-7-5-4-6-8-19)22(25)14-26-20-11-9-18(10-12-20)17(3)24/h4-13H,14H2,1-3H3. The van der Waals surface area contributed by atoms with Crippen LogP contribution in [0.5, 0.6) is 5.75 Å². The highest BCUT2D eigenvalue weighted by Crippen LogP contribution is 2.21. The number of hydrogen-bond donors (Lipinski definition) is 0. The van der Waals surface area contributed by atoms with Crippen LogP contribution in [0.2, 0.25) is 0 Å². The lowest BCUT2D eigenvalue weighted by Gasteiger charge is -2.10. The molecule has 0 spiro atoms. The maximum absolute atomic E-state index is 12.6. The summed E-state index contributed by atoms with van der Waals surface area (Å²) in [5.74, 6) is 0.497. The number of ether oxygens (including phenoxy) is 1. The van der Waals surface area contributed by atoms with E-state index in [-0.39, 0.29) is 18.2 Å². The van der Waals surface area contributed by atoms with Crippen LogP contribution in [-0.4, -0.2) is 22.7 Å². The molecule has 0 amide bonds. The van der Waals surface area contributed by atoms with Crippen LogP contribution >= 0.6 is 0 Å². The van der Waals surface area contributed by atoms with Crippen LogP contribution in [0.1, 0.15) is 39.0 Å². The summed E-state index contributed by atoms with van der Waals surface area (Å²) in [6, 6.07) is 18.7. The smallest absolute Gasteiger partial charge is 0.202 e. The maximum Gasteiger partial charge on any atom is 0.202 e. The quantitative estimate of drug-likeness (QED) is 0.614. The number of aryl methyl sites for hydroxylation is 1. The zero-order valence-corrected chi connectivity index (χ0v) is 15.2. The molecule has 132 valence electrons. The molecule has 0 aliphatic carbocycles. The van der Waals surface area contributed by atoms with Gasteiger partial charge in [-0.2, -0.15) is 0 Å². The summed E-state index contributed by atoms with van der Waals surface area (Å²) in [6.07, 6.45) is 0. The molecular formula is C22H21NO3. The monoisotopic (exact) mass is 347 g/mol. The number of nitrogens with zero attached hydrogens (tertiary/aromatic N) is 1. The molecule has 1 heterocycles. The van der Waals surface area contributed by atoms with Gasteiger partial charge in [-0.15, -0.1) is 0 Å². The molecule has 2 aromatic carbocycles. The molecule has 0 aliphatic heterocycles. The van der Waals surface area contributed by atoms with Crippen LogP contribution in [0, 0.1) is 13.8 Å². The molecule has 0 radical (unpaired) electrons. The Hall–Kier alpha value is -3.14. The molecule has 4 nitrogen and oxygen atoms in total. The van der Waals surface area contributed by atoms with Crippen molar-refractivity contribution in [3.63, 3.8) is 0 Å². The van der Waals surface area contributed by atoms with Crippen molar-refractivity contribution in [2.24, 2.45) is 0 Å². The van der Waals surface area contributed by atoms with E-state index in [1.807, 2.05) is 50.2 Å². The summed E-state index contributed by atoms with van der Waals surface area (Å²) in [5, 5.41) is 0. The zero-order valence-electron chi connectivity index (χ0n) is 15.2. The minimum Gasteiger partial charge on any atom is -0.485 e. The van der Waals surface area contributed by atoms with Gasteiger partial charge in [0, 0.05) is 28.2 Å². The predicted molar refractivity (Wildman–Crippen MR) is 102 cm³/mol. The first-order chi connectivity index (χ1) is 12.5. The van der Waals surface area contributed by atoms with Gasteiger partial charge in [-0.05, 0) is 63.2 Å². The highest BCUT2D eigenvalue weighted by Gasteiger charge is 2.17. The molecule has 1 aromatic heterocycles. The van der Waals surface area contributed by atoms with Gasteiger partial charge in [-0.25, -0.2) is 0 Å². The van der Waals surface area contributed by atoms with E-state index < -0.39 is 0 Å². The van der Waals surface area contributed by atoms with E-state index in [0.29, 0.717) is 16.9 Å². The fourth-order valence-electron chi connectivity index (χ4n) is 3.03. The van der Waals surface area contributed by atoms with Crippen LogP contribution < -0.4 is 4.74 Å². The number of ketones is 2.